The lowest BCUT2D eigenvalue weighted by molar-refractivity contribution is -0.143. The molecule has 12 amide bonds. The third kappa shape index (κ3) is 34.3. The number of guanidine groups is 1. The average molecular weight is 1380 g/mol. The quantitative estimate of drug-likeness (QED) is 0.0164. The van der Waals surface area contributed by atoms with E-state index >= 15 is 0 Å². The number of hydrogen-bond donors (Lipinski definition) is 20. The van der Waals surface area contributed by atoms with E-state index in [1.54, 1.807) is 45.9 Å². The highest BCUT2D eigenvalue weighted by molar-refractivity contribution is 6.00. The number of amides is 12. The second-order valence-corrected chi connectivity index (χ2v) is 23.6. The van der Waals surface area contributed by atoms with Crippen LogP contribution in [-0.2, 0) is 83.1 Å². The molecule has 1 aromatic carbocycles. The van der Waals surface area contributed by atoms with Gasteiger partial charge in [-0.1, -0.05) is 64.4 Å². The molecule has 0 aliphatic rings. The summed E-state index contributed by atoms with van der Waals surface area (Å²) in [7, 11) is 0. The number of aliphatic hydroxyl groups excluding tert-OH is 1. The number of carboxylic acids is 4. The minimum absolute atomic E-state index is 0.0180. The van der Waals surface area contributed by atoms with Crippen LogP contribution in [0, 0.1) is 11.8 Å². The van der Waals surface area contributed by atoms with Gasteiger partial charge in [-0.3, -0.25) is 76.9 Å². The fourth-order valence-corrected chi connectivity index (χ4v) is 9.17. The molecule has 542 valence electrons. The molecule has 1 rings (SSSR count). The zero-order chi connectivity index (χ0) is 73.8. The van der Waals surface area contributed by atoms with Crippen LogP contribution in [0.1, 0.15) is 138 Å². The van der Waals surface area contributed by atoms with E-state index in [9.17, 15) is 97.1 Å². The maximum Gasteiger partial charge on any atom is 0.326 e. The number of carbonyl (C=O) groups is 16. The summed E-state index contributed by atoms with van der Waals surface area (Å²) in [4.78, 5) is 214. The number of carbonyl (C=O) groups excluding carboxylic acids is 12. The highest BCUT2D eigenvalue weighted by Crippen LogP contribution is 2.14. The lowest BCUT2D eigenvalue weighted by atomic mass is 9.97. The summed E-state index contributed by atoms with van der Waals surface area (Å²) in [6.45, 7) is 10.2. The Bertz CT molecular complexity index is 2930. The third-order valence-corrected chi connectivity index (χ3v) is 14.7. The van der Waals surface area contributed by atoms with Gasteiger partial charge in [-0.2, -0.15) is 0 Å². The fraction of sp³-hybridized carbons (Fsp3) is 0.617. The van der Waals surface area contributed by atoms with Crippen LogP contribution in [0.4, 0.5) is 0 Å². The zero-order valence-electron chi connectivity index (χ0n) is 55.3. The van der Waals surface area contributed by atoms with Gasteiger partial charge in [0.25, 0.3) is 0 Å². The van der Waals surface area contributed by atoms with E-state index in [0.29, 0.717) is 12.0 Å². The normalized spacial score (nSPS) is 15.0. The first-order chi connectivity index (χ1) is 45.4. The Hall–Kier alpha value is -10.1. The number of rotatable bonds is 47. The van der Waals surface area contributed by atoms with Crippen LogP contribution in [0.3, 0.4) is 0 Å². The number of benzene rings is 1. The molecule has 13 unspecified atom stereocenters. The summed E-state index contributed by atoms with van der Waals surface area (Å²) in [5.41, 5.74) is 22.2. The monoisotopic (exact) mass is 1380 g/mol. The van der Waals surface area contributed by atoms with Crippen molar-refractivity contribution >= 4 is 101 Å². The van der Waals surface area contributed by atoms with Gasteiger partial charge in [0.1, 0.15) is 60.4 Å². The molecule has 0 aliphatic heterocycles. The Morgan fingerprint density at radius 2 is 0.948 bits per heavy atom. The van der Waals surface area contributed by atoms with Gasteiger partial charge >= 0.3 is 23.9 Å². The van der Waals surface area contributed by atoms with Gasteiger partial charge in [-0.25, -0.2) is 4.79 Å². The highest BCUT2D eigenvalue weighted by atomic mass is 16.4. The van der Waals surface area contributed by atoms with Crippen molar-refractivity contribution in [1.29, 1.82) is 0 Å². The minimum atomic E-state index is -2.07. The van der Waals surface area contributed by atoms with Crippen LogP contribution in [-0.4, -0.2) is 212 Å². The molecule has 0 aromatic heterocycles. The van der Waals surface area contributed by atoms with Crippen molar-refractivity contribution in [2.45, 2.75) is 211 Å². The Morgan fingerprint density at radius 1 is 0.485 bits per heavy atom. The summed E-state index contributed by atoms with van der Waals surface area (Å²) in [5.74, 6) is -19.9. The van der Waals surface area contributed by atoms with E-state index < -0.39 is 212 Å². The first kappa shape index (κ1) is 84.9. The first-order valence-electron chi connectivity index (χ1n) is 31.3. The summed E-state index contributed by atoms with van der Waals surface area (Å²) < 4.78 is 0. The van der Waals surface area contributed by atoms with E-state index in [0.717, 1.165) is 6.92 Å². The standard InChI is InChI=1S/C60H96N16O21/c1-8-30(4)47(75-50(87)35(61)19-22-44(80)81)57(94)67-31(5)49(86)68-37(20-21-43(62)79)51(88)73-41(27-45(82)83)55(92)72-40(26-34-15-10-9-11-16-34)54(91)69-36(17-12-13-23-65-33(7)78)52(89)76-48(32(6)77)58(95)74-42(28-46(84)85)56(93)71-39(25-29(2)3)53(90)70-38(59(96)97)18-14-24-66-60(63)64/h9-11,15-16,29-32,35-42,47-48,77H,8,12-14,17-28,61H2,1-7H3,(H2,62,79)(H,65,78)(H,67,94)(H,68,86)(H,69,91)(H,70,90)(H,71,93)(H,72,92)(H,73,88)(H,74,95)(H,75,87)(H,76,89)(H,80,81)(H,82,83)(H,84,85)(H,96,97)(H4,63,64,66). The SMILES string of the molecule is CCC(C)C(NC(=O)C(N)CCC(=O)O)C(=O)NC(C)C(=O)NC(CCC(N)=O)C(=O)NC(CC(=O)O)C(=O)NC(Cc1ccccc1)C(=O)NC(CCCCNC(C)=O)C(=O)NC(C(=O)NC(CC(=O)O)C(=O)NC(CC(C)C)C(=O)NC(CCCN=C(N)N)C(=O)O)C(C)O. The second-order valence-electron chi connectivity index (χ2n) is 23.6. The number of aliphatic hydroxyl groups is 1. The number of aliphatic imine (C=N–C) groups is 1. The maximum absolute atomic E-state index is 14.6. The van der Waals surface area contributed by atoms with Gasteiger partial charge < -0.3 is 107 Å². The number of aliphatic carboxylic acids is 4. The van der Waals surface area contributed by atoms with Crippen molar-refractivity contribution in [1.82, 2.24) is 58.5 Å². The smallest absolute Gasteiger partial charge is 0.326 e. The molecule has 0 radical (unpaired) electrons. The molecule has 0 fully saturated rings. The van der Waals surface area contributed by atoms with E-state index in [2.05, 4.69) is 63.5 Å². The summed E-state index contributed by atoms with van der Waals surface area (Å²) >= 11 is 0. The van der Waals surface area contributed by atoms with Crippen molar-refractivity contribution in [2.75, 3.05) is 13.1 Å². The molecule has 1 aromatic rings. The first-order valence-corrected chi connectivity index (χ1v) is 31.3. The largest absolute Gasteiger partial charge is 0.481 e. The van der Waals surface area contributed by atoms with Gasteiger partial charge in [-0.15, -0.1) is 0 Å². The van der Waals surface area contributed by atoms with Crippen LogP contribution >= 0.6 is 0 Å². The lowest BCUT2D eigenvalue weighted by Gasteiger charge is -2.29. The predicted octanol–water partition coefficient (Wildman–Crippen LogP) is -5.58. The van der Waals surface area contributed by atoms with Crippen LogP contribution < -0.4 is 81.4 Å². The number of primary amides is 1. The van der Waals surface area contributed by atoms with Crippen molar-refractivity contribution < 1.29 is 102 Å². The molecule has 97 heavy (non-hydrogen) atoms. The Kier molecular flexibility index (Phi) is 38.4. The minimum Gasteiger partial charge on any atom is -0.481 e. The van der Waals surface area contributed by atoms with E-state index in [4.69, 9.17) is 28.0 Å². The van der Waals surface area contributed by atoms with Gasteiger partial charge in [-0.05, 0) is 82.6 Å². The lowest BCUT2D eigenvalue weighted by Crippen LogP contribution is -2.62. The average Bonchev–Trinajstić information content (AvgIpc) is 0.928. The van der Waals surface area contributed by atoms with Crippen LogP contribution in [0.25, 0.3) is 0 Å². The van der Waals surface area contributed by atoms with Gasteiger partial charge in [0.2, 0.25) is 70.9 Å². The molecular formula is C60H96N16O21. The molecule has 24 N–H and O–H groups in total. The maximum atomic E-state index is 14.6. The van der Waals surface area contributed by atoms with Crippen LogP contribution in [0.15, 0.2) is 35.3 Å². The van der Waals surface area contributed by atoms with E-state index in [-0.39, 0.29) is 69.9 Å². The van der Waals surface area contributed by atoms with Crippen molar-refractivity contribution in [3.63, 3.8) is 0 Å². The second kappa shape index (κ2) is 43.8. The molecule has 0 saturated carbocycles. The van der Waals surface area contributed by atoms with Gasteiger partial charge in [0, 0.05) is 39.3 Å². The number of nitrogens with one attached hydrogen (secondary N) is 11. The van der Waals surface area contributed by atoms with Crippen LogP contribution in [0.5, 0.6) is 0 Å². The number of hydrogen-bond acceptors (Lipinski definition) is 19. The number of nitrogens with zero attached hydrogens (tertiary/aromatic N) is 1. The predicted molar refractivity (Wildman–Crippen MR) is 344 cm³/mol. The molecule has 0 bridgehead atoms. The number of carboxylic acid groups (broad SMARTS) is 4. The Balaban J connectivity index is 3.70. The van der Waals surface area contributed by atoms with Crippen LogP contribution in [0.2, 0.25) is 0 Å². The summed E-state index contributed by atoms with van der Waals surface area (Å²) in [6, 6.07) is -10.7. The van der Waals surface area contributed by atoms with E-state index in [1.165, 1.54) is 26.0 Å². The van der Waals surface area contributed by atoms with Crippen molar-refractivity contribution in [2.24, 2.45) is 39.8 Å². The number of unbranched alkanes of at least 4 members (excludes halogenated alkanes) is 1. The van der Waals surface area contributed by atoms with E-state index in [1.807, 2.05) is 0 Å². The van der Waals surface area contributed by atoms with Crippen molar-refractivity contribution in [3.8, 4) is 0 Å². The fourth-order valence-electron chi connectivity index (χ4n) is 9.17. The summed E-state index contributed by atoms with van der Waals surface area (Å²) in [5, 5.41) is 75.5. The molecule has 37 nitrogen and oxygen atoms in total. The van der Waals surface area contributed by atoms with Gasteiger partial charge in [0.05, 0.1) is 25.0 Å². The highest BCUT2D eigenvalue weighted by Gasteiger charge is 2.38. The zero-order valence-corrected chi connectivity index (χ0v) is 55.3. The third-order valence-electron chi connectivity index (χ3n) is 14.7. The molecular weight excluding hydrogens is 1280 g/mol. The van der Waals surface area contributed by atoms with Gasteiger partial charge in [0.15, 0.2) is 5.96 Å². The topological polar surface area (TPSA) is 623 Å². The Morgan fingerprint density at radius 3 is 1.46 bits per heavy atom. The number of nitrogens with two attached hydrogens (primary N) is 4. The molecule has 0 aliphatic carbocycles. The molecule has 0 spiro atoms. The summed E-state index contributed by atoms with van der Waals surface area (Å²) in [6.07, 6.45) is -6.29. The molecule has 0 saturated heterocycles. The van der Waals surface area contributed by atoms with Crippen molar-refractivity contribution in [3.05, 3.63) is 35.9 Å². The molecule has 37 heteroatoms. The molecule has 13 atom stereocenters. The Labute approximate surface area is 559 Å². The molecule has 0 heterocycles.